The molecule has 2 fully saturated rings. The fraction of sp³-hybridized carbons (Fsp3) is 0.923. The predicted molar refractivity (Wildman–Crippen MR) is 68.9 cm³/mol. The number of carbonyl (C=O) groups is 1. The number of nitrogens with one attached hydrogen (secondary N) is 2. The molecule has 4 nitrogen and oxygen atoms in total. The van der Waals surface area contributed by atoms with Crippen LogP contribution in [0.1, 0.15) is 33.1 Å². The predicted octanol–water partition coefficient (Wildman–Crippen LogP) is 0.585. The van der Waals surface area contributed by atoms with Crippen LogP contribution in [-0.2, 0) is 4.79 Å². The lowest BCUT2D eigenvalue weighted by Gasteiger charge is -2.21. The van der Waals surface area contributed by atoms with Crippen molar-refractivity contribution in [1.29, 1.82) is 0 Å². The van der Waals surface area contributed by atoms with E-state index >= 15 is 0 Å². The fourth-order valence-corrected chi connectivity index (χ4v) is 2.92. The molecule has 17 heavy (non-hydrogen) atoms. The first-order valence-electron chi connectivity index (χ1n) is 6.91. The van der Waals surface area contributed by atoms with Crippen LogP contribution in [0.25, 0.3) is 0 Å². The Bertz CT molecular complexity index is 267. The average molecular weight is 239 g/mol. The van der Waals surface area contributed by atoms with E-state index in [2.05, 4.69) is 29.4 Å². The van der Waals surface area contributed by atoms with Crippen molar-refractivity contribution >= 4 is 5.91 Å². The number of nitrogens with zero attached hydrogens (tertiary/aromatic N) is 1. The molecular formula is C13H25N3O. The van der Waals surface area contributed by atoms with Crippen LogP contribution < -0.4 is 10.6 Å². The van der Waals surface area contributed by atoms with Crippen LogP contribution in [0.5, 0.6) is 0 Å². The quantitative estimate of drug-likeness (QED) is 0.738. The highest BCUT2D eigenvalue weighted by Gasteiger charge is 2.36. The maximum atomic E-state index is 11.6. The Morgan fingerprint density at radius 2 is 2.18 bits per heavy atom. The van der Waals surface area contributed by atoms with Crippen LogP contribution >= 0.6 is 0 Å². The van der Waals surface area contributed by atoms with E-state index in [4.69, 9.17) is 0 Å². The number of carbonyl (C=O) groups excluding carboxylic acids is 1. The Labute approximate surface area is 104 Å². The summed E-state index contributed by atoms with van der Waals surface area (Å²) in [5, 5.41) is 6.37. The molecule has 0 bridgehead atoms. The highest BCUT2D eigenvalue weighted by molar-refractivity contribution is 5.78. The molecule has 0 radical (unpaired) electrons. The number of hydrogen-bond donors (Lipinski definition) is 2. The fourth-order valence-electron chi connectivity index (χ4n) is 2.92. The molecule has 2 atom stereocenters. The summed E-state index contributed by atoms with van der Waals surface area (Å²) < 4.78 is 0. The summed E-state index contributed by atoms with van der Waals surface area (Å²) in [5.74, 6) is 0.658. The zero-order chi connectivity index (χ0) is 12.3. The van der Waals surface area contributed by atoms with Crippen molar-refractivity contribution < 1.29 is 4.79 Å². The lowest BCUT2D eigenvalue weighted by atomic mass is 10.1. The van der Waals surface area contributed by atoms with Gasteiger partial charge in [0, 0.05) is 25.2 Å². The van der Waals surface area contributed by atoms with Crippen molar-refractivity contribution in [1.82, 2.24) is 15.5 Å². The van der Waals surface area contributed by atoms with Gasteiger partial charge < -0.3 is 10.6 Å². The number of fused-ring (bicyclic) bond motifs is 1. The third kappa shape index (κ3) is 3.42. The Kier molecular flexibility index (Phi) is 4.40. The summed E-state index contributed by atoms with van der Waals surface area (Å²) >= 11 is 0. The zero-order valence-corrected chi connectivity index (χ0v) is 11.0. The Morgan fingerprint density at radius 3 is 2.94 bits per heavy atom. The van der Waals surface area contributed by atoms with Crippen molar-refractivity contribution in [3.05, 3.63) is 0 Å². The third-order valence-corrected chi connectivity index (χ3v) is 3.84. The van der Waals surface area contributed by atoms with E-state index < -0.39 is 0 Å². The van der Waals surface area contributed by atoms with Crippen LogP contribution in [-0.4, -0.2) is 49.1 Å². The van der Waals surface area contributed by atoms with Gasteiger partial charge in [-0.1, -0.05) is 13.8 Å². The number of rotatable bonds is 5. The first-order chi connectivity index (χ1) is 8.16. The van der Waals surface area contributed by atoms with Crippen molar-refractivity contribution in [2.24, 2.45) is 5.92 Å². The van der Waals surface area contributed by atoms with Gasteiger partial charge in [0.25, 0.3) is 0 Å². The summed E-state index contributed by atoms with van der Waals surface area (Å²) in [4.78, 5) is 14.2. The van der Waals surface area contributed by atoms with Gasteiger partial charge in [-0.05, 0) is 31.7 Å². The van der Waals surface area contributed by atoms with E-state index in [1.165, 1.54) is 32.4 Å². The highest BCUT2D eigenvalue weighted by atomic mass is 16.1. The van der Waals surface area contributed by atoms with E-state index in [1.807, 2.05) is 0 Å². The van der Waals surface area contributed by atoms with Crippen LogP contribution in [0.3, 0.4) is 0 Å². The van der Waals surface area contributed by atoms with Crippen LogP contribution in [0.4, 0.5) is 0 Å². The van der Waals surface area contributed by atoms with Crippen LogP contribution in [0.2, 0.25) is 0 Å². The zero-order valence-electron chi connectivity index (χ0n) is 11.0. The Hall–Kier alpha value is -0.610. The van der Waals surface area contributed by atoms with Crippen LogP contribution in [0, 0.1) is 5.92 Å². The molecule has 0 saturated carbocycles. The van der Waals surface area contributed by atoms with Gasteiger partial charge in [0.1, 0.15) is 0 Å². The maximum absolute atomic E-state index is 11.6. The lowest BCUT2D eigenvalue weighted by molar-refractivity contribution is -0.120. The van der Waals surface area contributed by atoms with E-state index in [1.54, 1.807) is 0 Å². The van der Waals surface area contributed by atoms with Gasteiger partial charge in [-0.15, -0.1) is 0 Å². The minimum absolute atomic E-state index is 0.134. The van der Waals surface area contributed by atoms with Gasteiger partial charge in [-0.25, -0.2) is 0 Å². The van der Waals surface area contributed by atoms with E-state index in [0.717, 1.165) is 6.54 Å². The molecular weight excluding hydrogens is 214 g/mol. The molecule has 2 unspecified atom stereocenters. The first-order valence-corrected chi connectivity index (χ1v) is 6.91. The summed E-state index contributed by atoms with van der Waals surface area (Å²) in [6, 6.07) is 1.22. The summed E-state index contributed by atoms with van der Waals surface area (Å²) in [6.45, 7) is 7.93. The molecule has 98 valence electrons. The second-order valence-corrected chi connectivity index (χ2v) is 5.72. The Balaban J connectivity index is 1.66. The van der Waals surface area contributed by atoms with E-state index in [-0.39, 0.29) is 5.91 Å². The van der Waals surface area contributed by atoms with Gasteiger partial charge in [-0.2, -0.15) is 0 Å². The molecule has 2 saturated heterocycles. The van der Waals surface area contributed by atoms with Gasteiger partial charge >= 0.3 is 0 Å². The van der Waals surface area contributed by atoms with Gasteiger partial charge in [0.05, 0.1) is 6.54 Å². The molecule has 0 aromatic rings. The monoisotopic (exact) mass is 239 g/mol. The first kappa shape index (κ1) is 12.8. The molecule has 1 amide bonds. The van der Waals surface area contributed by atoms with Gasteiger partial charge in [0.15, 0.2) is 0 Å². The highest BCUT2D eigenvalue weighted by Crippen LogP contribution is 2.27. The lowest BCUT2D eigenvalue weighted by Crippen LogP contribution is -2.44. The topological polar surface area (TPSA) is 44.4 Å². The molecule has 0 spiro atoms. The molecule has 0 aliphatic carbocycles. The number of amides is 1. The van der Waals surface area contributed by atoms with Gasteiger partial charge in [0.2, 0.25) is 5.91 Å². The molecule has 2 aliphatic rings. The minimum atomic E-state index is 0.134. The second-order valence-electron chi connectivity index (χ2n) is 5.72. The largest absolute Gasteiger partial charge is 0.355 e. The Morgan fingerprint density at radius 1 is 1.35 bits per heavy atom. The second kappa shape index (κ2) is 5.83. The van der Waals surface area contributed by atoms with Gasteiger partial charge in [-0.3, -0.25) is 9.69 Å². The molecule has 2 heterocycles. The smallest absolute Gasteiger partial charge is 0.233 e. The maximum Gasteiger partial charge on any atom is 0.233 e. The number of hydrogen-bond acceptors (Lipinski definition) is 3. The normalized spacial score (nSPS) is 28.6. The SMILES string of the molecule is CC(C)CNC(=O)CNC1CCN2CCCC12. The summed E-state index contributed by atoms with van der Waals surface area (Å²) in [5.41, 5.74) is 0. The minimum Gasteiger partial charge on any atom is -0.355 e. The average Bonchev–Trinajstić information content (AvgIpc) is 2.86. The molecule has 2 N–H and O–H groups in total. The standard InChI is InChI=1S/C13H25N3O/c1-10(2)8-15-13(17)9-14-11-5-7-16-6-3-4-12(11)16/h10-12,14H,3-9H2,1-2H3,(H,15,17). The molecule has 4 heteroatoms. The van der Waals surface area contributed by atoms with Crippen molar-refractivity contribution in [2.45, 2.75) is 45.2 Å². The van der Waals surface area contributed by atoms with Crippen LogP contribution in [0.15, 0.2) is 0 Å². The molecule has 0 aromatic carbocycles. The molecule has 2 rings (SSSR count). The third-order valence-electron chi connectivity index (χ3n) is 3.84. The summed E-state index contributed by atoms with van der Waals surface area (Å²) in [6.07, 6.45) is 3.82. The van der Waals surface area contributed by atoms with Crippen molar-refractivity contribution in [3.63, 3.8) is 0 Å². The van der Waals surface area contributed by atoms with Crippen molar-refractivity contribution in [3.8, 4) is 0 Å². The molecule has 2 aliphatic heterocycles. The van der Waals surface area contributed by atoms with E-state index in [9.17, 15) is 4.79 Å². The van der Waals surface area contributed by atoms with E-state index in [0.29, 0.717) is 24.5 Å². The summed E-state index contributed by atoms with van der Waals surface area (Å²) in [7, 11) is 0. The van der Waals surface area contributed by atoms with Crippen molar-refractivity contribution in [2.75, 3.05) is 26.2 Å². The molecule has 0 aromatic heterocycles.